The maximum Gasteiger partial charge on any atom is 0.126 e. The standard InChI is InChI=1S/C28H34ClFN4O/c1-2-23-24(7-4-8-27(23)32-17-19-5-3-6-20(30)15-19)25-16-28(33-18-26(25)29)34-22-11-9-21(10-12-22)31-13-14-35/h3-8,15-16,18,21-22,31-32,35H,2,9-14,17H2,1H3,(H,33,34). The second-order valence-corrected chi connectivity index (χ2v) is 9.50. The Morgan fingerprint density at radius 2 is 1.80 bits per heavy atom. The van der Waals surface area contributed by atoms with Gasteiger partial charge in [-0.25, -0.2) is 9.37 Å². The fraction of sp³-hybridized carbons (Fsp3) is 0.393. The maximum absolute atomic E-state index is 13.6. The first-order chi connectivity index (χ1) is 17.1. The fourth-order valence-corrected chi connectivity index (χ4v) is 5.08. The summed E-state index contributed by atoms with van der Waals surface area (Å²) in [5.74, 6) is 0.601. The number of hydrogen-bond donors (Lipinski definition) is 4. The highest BCUT2D eigenvalue weighted by Gasteiger charge is 2.21. The Hall–Kier alpha value is -2.67. The van der Waals surface area contributed by atoms with Crippen LogP contribution in [-0.4, -0.2) is 35.3 Å². The van der Waals surface area contributed by atoms with Gasteiger partial charge in [-0.15, -0.1) is 0 Å². The van der Waals surface area contributed by atoms with Gasteiger partial charge in [0.2, 0.25) is 0 Å². The van der Waals surface area contributed by atoms with E-state index < -0.39 is 0 Å². The van der Waals surface area contributed by atoms with Crippen LogP contribution in [0.15, 0.2) is 54.7 Å². The van der Waals surface area contributed by atoms with Crippen molar-refractivity contribution in [1.82, 2.24) is 10.3 Å². The number of halogens is 2. The lowest BCUT2D eigenvalue weighted by atomic mass is 9.91. The molecule has 0 radical (unpaired) electrons. The van der Waals surface area contributed by atoms with Crippen molar-refractivity contribution in [3.63, 3.8) is 0 Å². The van der Waals surface area contributed by atoms with Gasteiger partial charge in [-0.1, -0.05) is 42.8 Å². The second-order valence-electron chi connectivity index (χ2n) is 9.09. The van der Waals surface area contributed by atoms with E-state index in [1.165, 1.54) is 11.6 Å². The minimum atomic E-state index is -0.229. The van der Waals surface area contributed by atoms with Crippen molar-refractivity contribution in [2.75, 3.05) is 23.8 Å². The Kier molecular flexibility index (Phi) is 8.96. The van der Waals surface area contributed by atoms with Gasteiger partial charge in [-0.05, 0) is 73.1 Å². The third kappa shape index (κ3) is 6.72. The zero-order chi connectivity index (χ0) is 24.6. The smallest absolute Gasteiger partial charge is 0.126 e. The van der Waals surface area contributed by atoms with Gasteiger partial charge >= 0.3 is 0 Å². The molecule has 3 aromatic rings. The van der Waals surface area contributed by atoms with Crippen molar-refractivity contribution in [3.05, 3.63) is 76.7 Å². The summed E-state index contributed by atoms with van der Waals surface area (Å²) in [7, 11) is 0. The lowest BCUT2D eigenvalue weighted by Crippen LogP contribution is -2.38. The Morgan fingerprint density at radius 1 is 1.03 bits per heavy atom. The number of nitrogens with one attached hydrogen (secondary N) is 3. The van der Waals surface area contributed by atoms with E-state index in [2.05, 4.69) is 40.0 Å². The summed E-state index contributed by atoms with van der Waals surface area (Å²) in [4.78, 5) is 4.55. The number of benzene rings is 2. The Balaban J connectivity index is 1.49. The van der Waals surface area contributed by atoms with Crippen LogP contribution >= 0.6 is 11.6 Å². The highest BCUT2D eigenvalue weighted by atomic mass is 35.5. The molecule has 0 spiro atoms. The van der Waals surface area contributed by atoms with E-state index in [0.717, 1.165) is 60.3 Å². The average Bonchev–Trinajstić information content (AvgIpc) is 2.88. The summed E-state index contributed by atoms with van der Waals surface area (Å²) in [6, 6.07) is 15.7. The molecule has 4 N–H and O–H groups in total. The maximum atomic E-state index is 13.6. The molecule has 35 heavy (non-hydrogen) atoms. The van der Waals surface area contributed by atoms with Crippen molar-refractivity contribution in [3.8, 4) is 11.1 Å². The van der Waals surface area contributed by atoms with E-state index >= 15 is 0 Å². The zero-order valence-electron chi connectivity index (χ0n) is 20.2. The normalized spacial score (nSPS) is 17.8. The molecule has 0 atom stereocenters. The van der Waals surface area contributed by atoms with E-state index in [1.807, 2.05) is 18.2 Å². The topological polar surface area (TPSA) is 69.2 Å². The summed E-state index contributed by atoms with van der Waals surface area (Å²) < 4.78 is 13.6. The van der Waals surface area contributed by atoms with E-state index in [1.54, 1.807) is 18.3 Å². The molecule has 0 amide bonds. The third-order valence-electron chi connectivity index (χ3n) is 6.67. The molecule has 0 aliphatic heterocycles. The number of nitrogens with zero attached hydrogens (tertiary/aromatic N) is 1. The fourth-order valence-electron chi connectivity index (χ4n) is 4.87. The molecule has 1 heterocycles. The van der Waals surface area contributed by atoms with Crippen LogP contribution in [-0.2, 0) is 13.0 Å². The molecule has 5 nitrogen and oxygen atoms in total. The van der Waals surface area contributed by atoms with Crippen LogP contribution in [0.2, 0.25) is 5.02 Å². The molecule has 7 heteroatoms. The Bertz CT molecular complexity index is 1120. The summed E-state index contributed by atoms with van der Waals surface area (Å²) >= 11 is 6.63. The first-order valence-electron chi connectivity index (χ1n) is 12.4. The number of aliphatic hydroxyl groups is 1. The predicted molar refractivity (Wildman–Crippen MR) is 143 cm³/mol. The van der Waals surface area contributed by atoms with Crippen LogP contribution in [0.3, 0.4) is 0 Å². The monoisotopic (exact) mass is 496 g/mol. The SMILES string of the molecule is CCc1c(NCc2cccc(F)c2)cccc1-c1cc(NC2CCC(NCCO)CC2)ncc1Cl. The van der Waals surface area contributed by atoms with E-state index in [0.29, 0.717) is 30.2 Å². The van der Waals surface area contributed by atoms with E-state index in [-0.39, 0.29) is 12.4 Å². The molecule has 186 valence electrons. The van der Waals surface area contributed by atoms with Crippen molar-refractivity contribution >= 4 is 23.1 Å². The van der Waals surface area contributed by atoms with Gasteiger partial charge in [0, 0.05) is 42.6 Å². The molecule has 0 saturated heterocycles. The molecule has 1 aliphatic rings. The van der Waals surface area contributed by atoms with Crippen molar-refractivity contribution in [2.45, 2.75) is 57.7 Å². The first-order valence-corrected chi connectivity index (χ1v) is 12.8. The molecule has 2 aromatic carbocycles. The number of rotatable bonds is 10. The molecule has 0 bridgehead atoms. The van der Waals surface area contributed by atoms with Crippen LogP contribution in [0.4, 0.5) is 15.9 Å². The van der Waals surface area contributed by atoms with Crippen molar-refractivity contribution in [1.29, 1.82) is 0 Å². The van der Waals surface area contributed by atoms with Crippen molar-refractivity contribution in [2.24, 2.45) is 0 Å². The minimum Gasteiger partial charge on any atom is -0.395 e. The molecular weight excluding hydrogens is 463 g/mol. The van der Waals surface area contributed by atoms with Crippen LogP contribution in [0, 0.1) is 5.82 Å². The molecule has 1 fully saturated rings. The van der Waals surface area contributed by atoms with Crippen LogP contribution < -0.4 is 16.0 Å². The summed E-state index contributed by atoms with van der Waals surface area (Å²) in [6.45, 7) is 3.50. The second kappa shape index (κ2) is 12.3. The number of aromatic nitrogens is 1. The van der Waals surface area contributed by atoms with Crippen LogP contribution in [0.1, 0.15) is 43.7 Å². The zero-order valence-corrected chi connectivity index (χ0v) is 20.9. The summed E-state index contributed by atoms with van der Waals surface area (Å²) in [5.41, 5.74) is 5.11. The highest BCUT2D eigenvalue weighted by molar-refractivity contribution is 6.33. The summed E-state index contributed by atoms with van der Waals surface area (Å²) in [5, 5.41) is 20.1. The van der Waals surface area contributed by atoms with E-state index in [4.69, 9.17) is 16.7 Å². The highest BCUT2D eigenvalue weighted by Crippen LogP contribution is 2.36. The number of anilines is 2. The predicted octanol–water partition coefficient (Wildman–Crippen LogP) is 6.02. The Labute approximate surface area is 212 Å². The number of pyridine rings is 1. The van der Waals surface area contributed by atoms with Crippen LogP contribution in [0.25, 0.3) is 11.1 Å². The van der Waals surface area contributed by atoms with E-state index in [9.17, 15) is 4.39 Å². The molecule has 1 aliphatic carbocycles. The summed E-state index contributed by atoms with van der Waals surface area (Å²) in [6.07, 6.45) is 6.83. The molecule has 1 aromatic heterocycles. The first kappa shape index (κ1) is 25.4. The van der Waals surface area contributed by atoms with Gasteiger partial charge in [0.05, 0.1) is 11.6 Å². The number of aliphatic hydroxyl groups excluding tert-OH is 1. The van der Waals surface area contributed by atoms with Gasteiger partial charge in [0.25, 0.3) is 0 Å². The van der Waals surface area contributed by atoms with Gasteiger partial charge in [-0.3, -0.25) is 0 Å². The van der Waals surface area contributed by atoms with Gasteiger partial charge in [0.15, 0.2) is 0 Å². The average molecular weight is 497 g/mol. The number of hydrogen-bond acceptors (Lipinski definition) is 5. The third-order valence-corrected chi connectivity index (χ3v) is 6.97. The van der Waals surface area contributed by atoms with Gasteiger partial charge < -0.3 is 21.1 Å². The molecule has 0 unspecified atom stereocenters. The van der Waals surface area contributed by atoms with Gasteiger partial charge in [0.1, 0.15) is 11.6 Å². The largest absolute Gasteiger partial charge is 0.395 e. The molecular formula is C28H34ClFN4O. The van der Waals surface area contributed by atoms with Gasteiger partial charge in [-0.2, -0.15) is 0 Å². The van der Waals surface area contributed by atoms with Crippen molar-refractivity contribution < 1.29 is 9.50 Å². The lowest BCUT2D eigenvalue weighted by molar-refractivity contribution is 0.269. The quantitative estimate of drug-likeness (QED) is 0.276. The molecule has 1 saturated carbocycles. The minimum absolute atomic E-state index is 0.178. The lowest BCUT2D eigenvalue weighted by Gasteiger charge is -2.30. The Morgan fingerprint density at radius 3 is 2.54 bits per heavy atom. The molecule has 4 rings (SSSR count). The van der Waals surface area contributed by atoms with Crippen LogP contribution in [0.5, 0.6) is 0 Å².